The summed E-state index contributed by atoms with van der Waals surface area (Å²) >= 11 is 0. The molecule has 2 aromatic heterocycles. The molecule has 0 fully saturated rings. The molecule has 5 nitrogen and oxygen atoms in total. The van der Waals surface area contributed by atoms with Crippen LogP contribution in [0, 0.1) is 0 Å². The maximum atomic E-state index is 11.1. The Labute approximate surface area is 127 Å². The topological polar surface area (TPSA) is 64.4 Å². The first-order chi connectivity index (χ1) is 10.7. The lowest BCUT2D eigenvalue weighted by Crippen LogP contribution is -2.04. The number of hydrogen-bond acceptors (Lipinski definition) is 3. The van der Waals surface area contributed by atoms with Gasteiger partial charge in [0.15, 0.2) is 0 Å². The van der Waals surface area contributed by atoms with Crippen LogP contribution >= 0.6 is 0 Å². The van der Waals surface area contributed by atoms with Gasteiger partial charge in [0.25, 0.3) is 0 Å². The van der Waals surface area contributed by atoms with Gasteiger partial charge in [0.05, 0.1) is 17.5 Å². The molecule has 1 N–H and O–H groups in total. The van der Waals surface area contributed by atoms with Crippen molar-refractivity contribution in [3.63, 3.8) is 0 Å². The van der Waals surface area contributed by atoms with Gasteiger partial charge < -0.3 is 14.4 Å². The molecular weight excluding hydrogens is 280 g/mol. The van der Waals surface area contributed by atoms with Gasteiger partial charge in [0.2, 0.25) is 0 Å². The SMILES string of the molecule is CCn1c(COc2cccnc2)cc2cc(C(=O)O)ccc21. The van der Waals surface area contributed by atoms with E-state index in [9.17, 15) is 4.79 Å². The first kappa shape index (κ1) is 14.1. The Bertz CT molecular complexity index is 809. The number of carboxylic acid groups (broad SMARTS) is 1. The highest BCUT2D eigenvalue weighted by Crippen LogP contribution is 2.23. The first-order valence-electron chi connectivity index (χ1n) is 7.07. The van der Waals surface area contributed by atoms with Crippen molar-refractivity contribution >= 4 is 16.9 Å². The van der Waals surface area contributed by atoms with Crippen molar-refractivity contribution in [3.05, 3.63) is 60.0 Å². The number of pyridine rings is 1. The van der Waals surface area contributed by atoms with Crippen LogP contribution in [-0.2, 0) is 13.2 Å². The van der Waals surface area contributed by atoms with Crippen LogP contribution < -0.4 is 4.74 Å². The Balaban J connectivity index is 1.93. The van der Waals surface area contributed by atoms with E-state index < -0.39 is 5.97 Å². The van der Waals surface area contributed by atoms with Crippen molar-refractivity contribution in [1.29, 1.82) is 0 Å². The average molecular weight is 296 g/mol. The van der Waals surface area contributed by atoms with Crippen molar-refractivity contribution in [3.8, 4) is 5.75 Å². The van der Waals surface area contributed by atoms with E-state index in [0.717, 1.165) is 23.1 Å². The number of carboxylic acids is 1. The highest BCUT2D eigenvalue weighted by Gasteiger charge is 2.11. The lowest BCUT2D eigenvalue weighted by Gasteiger charge is -2.09. The molecule has 0 aliphatic carbocycles. The minimum Gasteiger partial charge on any atom is -0.486 e. The smallest absolute Gasteiger partial charge is 0.335 e. The summed E-state index contributed by atoms with van der Waals surface area (Å²) in [6.07, 6.45) is 3.37. The molecule has 0 aliphatic heterocycles. The molecule has 0 spiro atoms. The lowest BCUT2D eigenvalue weighted by molar-refractivity contribution is 0.0697. The summed E-state index contributed by atoms with van der Waals surface area (Å²) in [6, 6.07) is 10.8. The van der Waals surface area contributed by atoms with Crippen molar-refractivity contribution in [2.45, 2.75) is 20.1 Å². The van der Waals surface area contributed by atoms with Crippen LogP contribution in [0.25, 0.3) is 10.9 Å². The van der Waals surface area contributed by atoms with Gasteiger partial charge in [-0.05, 0) is 43.3 Å². The third kappa shape index (κ3) is 2.65. The monoisotopic (exact) mass is 296 g/mol. The van der Waals surface area contributed by atoms with Gasteiger partial charge in [0.1, 0.15) is 12.4 Å². The maximum Gasteiger partial charge on any atom is 0.335 e. The summed E-state index contributed by atoms with van der Waals surface area (Å²) in [5, 5.41) is 10.0. The van der Waals surface area contributed by atoms with Gasteiger partial charge in [0, 0.05) is 23.6 Å². The molecule has 0 aliphatic rings. The molecule has 0 saturated heterocycles. The van der Waals surface area contributed by atoms with Crippen molar-refractivity contribution in [1.82, 2.24) is 9.55 Å². The molecular formula is C17H16N2O3. The van der Waals surface area contributed by atoms with Gasteiger partial charge >= 0.3 is 5.97 Å². The van der Waals surface area contributed by atoms with E-state index in [1.54, 1.807) is 24.5 Å². The van der Waals surface area contributed by atoms with Crippen LogP contribution in [0.1, 0.15) is 23.0 Å². The second-order valence-corrected chi connectivity index (χ2v) is 4.94. The molecule has 0 atom stereocenters. The summed E-state index contributed by atoms with van der Waals surface area (Å²) in [6.45, 7) is 3.26. The van der Waals surface area contributed by atoms with Gasteiger partial charge in [-0.2, -0.15) is 0 Å². The number of carbonyl (C=O) groups is 1. The average Bonchev–Trinajstić information content (AvgIpc) is 2.90. The van der Waals surface area contributed by atoms with Gasteiger partial charge in [-0.3, -0.25) is 4.98 Å². The Hall–Kier alpha value is -2.82. The second kappa shape index (κ2) is 5.89. The summed E-state index contributed by atoms with van der Waals surface area (Å²) in [7, 11) is 0. The molecule has 112 valence electrons. The van der Waals surface area contributed by atoms with Crippen LogP contribution in [0.15, 0.2) is 48.8 Å². The second-order valence-electron chi connectivity index (χ2n) is 4.94. The van der Waals surface area contributed by atoms with E-state index in [4.69, 9.17) is 9.84 Å². The number of fused-ring (bicyclic) bond motifs is 1. The fourth-order valence-electron chi connectivity index (χ4n) is 2.54. The number of aromatic carboxylic acids is 1. The van der Waals surface area contributed by atoms with Crippen molar-refractivity contribution < 1.29 is 14.6 Å². The molecule has 5 heteroatoms. The largest absolute Gasteiger partial charge is 0.486 e. The molecule has 3 rings (SSSR count). The van der Waals surface area contributed by atoms with Gasteiger partial charge in [-0.1, -0.05) is 0 Å². The number of hydrogen-bond donors (Lipinski definition) is 1. The van der Waals surface area contributed by atoms with E-state index in [1.807, 2.05) is 24.3 Å². The van der Waals surface area contributed by atoms with E-state index in [1.165, 1.54) is 0 Å². The Morgan fingerprint density at radius 2 is 2.18 bits per heavy atom. The van der Waals surface area contributed by atoms with E-state index >= 15 is 0 Å². The number of aromatic nitrogens is 2. The summed E-state index contributed by atoms with van der Waals surface area (Å²) in [4.78, 5) is 15.1. The summed E-state index contributed by atoms with van der Waals surface area (Å²) in [5.41, 5.74) is 2.31. The molecule has 1 aromatic carbocycles. The van der Waals surface area contributed by atoms with Crippen LogP contribution in [0.2, 0.25) is 0 Å². The zero-order valence-corrected chi connectivity index (χ0v) is 12.2. The minimum atomic E-state index is -0.917. The number of ether oxygens (including phenoxy) is 1. The lowest BCUT2D eigenvalue weighted by atomic mass is 10.1. The molecule has 0 radical (unpaired) electrons. The Morgan fingerprint density at radius 1 is 1.32 bits per heavy atom. The predicted octanol–water partition coefficient (Wildman–Crippen LogP) is 3.33. The standard InChI is InChI=1S/C17H16N2O3/c1-2-19-14(11-22-15-4-3-7-18-10-15)9-13-8-12(17(20)21)5-6-16(13)19/h3-10H,2,11H2,1H3,(H,20,21). The van der Waals surface area contributed by atoms with E-state index in [2.05, 4.69) is 16.5 Å². The van der Waals surface area contributed by atoms with Crippen LogP contribution in [0.4, 0.5) is 0 Å². The third-order valence-electron chi connectivity index (χ3n) is 3.57. The van der Waals surface area contributed by atoms with Gasteiger partial charge in [-0.15, -0.1) is 0 Å². The number of benzene rings is 1. The first-order valence-corrected chi connectivity index (χ1v) is 7.07. The Kier molecular flexibility index (Phi) is 3.78. The van der Waals surface area contributed by atoms with E-state index in [0.29, 0.717) is 17.9 Å². The normalized spacial score (nSPS) is 10.8. The number of rotatable bonds is 5. The van der Waals surface area contributed by atoms with Crippen LogP contribution in [0.3, 0.4) is 0 Å². The maximum absolute atomic E-state index is 11.1. The highest BCUT2D eigenvalue weighted by atomic mass is 16.5. The highest BCUT2D eigenvalue weighted by molar-refractivity contribution is 5.94. The zero-order valence-electron chi connectivity index (χ0n) is 12.2. The summed E-state index contributed by atoms with van der Waals surface area (Å²) < 4.78 is 7.86. The predicted molar refractivity (Wildman–Crippen MR) is 83.1 cm³/mol. The molecule has 22 heavy (non-hydrogen) atoms. The third-order valence-corrected chi connectivity index (χ3v) is 3.57. The van der Waals surface area contributed by atoms with Crippen LogP contribution in [0.5, 0.6) is 5.75 Å². The summed E-state index contributed by atoms with van der Waals surface area (Å²) in [5.74, 6) is -0.207. The molecule has 0 amide bonds. The van der Waals surface area contributed by atoms with Crippen molar-refractivity contribution in [2.24, 2.45) is 0 Å². The number of nitrogens with zero attached hydrogens (tertiary/aromatic N) is 2. The van der Waals surface area contributed by atoms with E-state index in [-0.39, 0.29) is 0 Å². The quantitative estimate of drug-likeness (QED) is 0.784. The molecule has 0 bridgehead atoms. The van der Waals surface area contributed by atoms with Crippen LogP contribution in [-0.4, -0.2) is 20.6 Å². The fourth-order valence-corrected chi connectivity index (χ4v) is 2.54. The zero-order chi connectivity index (χ0) is 15.5. The Morgan fingerprint density at radius 3 is 2.86 bits per heavy atom. The minimum absolute atomic E-state index is 0.292. The molecule has 0 unspecified atom stereocenters. The molecule has 2 heterocycles. The number of aryl methyl sites for hydroxylation is 1. The fraction of sp³-hybridized carbons (Fsp3) is 0.176. The van der Waals surface area contributed by atoms with Gasteiger partial charge in [-0.25, -0.2) is 4.79 Å². The molecule has 0 saturated carbocycles. The van der Waals surface area contributed by atoms with Crippen molar-refractivity contribution in [2.75, 3.05) is 0 Å². The molecule has 3 aromatic rings.